The van der Waals surface area contributed by atoms with E-state index < -0.39 is 16.9 Å². The van der Waals surface area contributed by atoms with Gasteiger partial charge in [0.2, 0.25) is 0 Å². The number of carbonyl (C=O) groups is 1. The molecule has 0 fully saturated rings. The van der Waals surface area contributed by atoms with E-state index in [-0.39, 0.29) is 17.9 Å². The molecular weight excluding hydrogens is 478 g/mol. The van der Waals surface area contributed by atoms with Gasteiger partial charge < -0.3 is 4.74 Å². The fourth-order valence-corrected chi connectivity index (χ4v) is 5.46. The molecule has 0 saturated carbocycles. The number of allylic oxidation sites excluding steroid dienone is 1. The number of esters is 1. The van der Waals surface area contributed by atoms with Crippen molar-refractivity contribution >= 4 is 39.8 Å². The molecule has 0 saturated heterocycles. The van der Waals surface area contributed by atoms with Crippen molar-refractivity contribution in [3.8, 4) is 0 Å². The van der Waals surface area contributed by atoms with Crippen molar-refractivity contribution in [2.24, 2.45) is 4.99 Å². The number of benzene rings is 3. The SMILES string of the molecule is CCOC(=O)C1=C(C)N=c2s/c(=C/c3ccc([N+](=O)[O-])cc3)c(=O)n2[C@H]1c1cccc2ccccc12. The Morgan fingerprint density at radius 2 is 1.86 bits per heavy atom. The fraction of sp³-hybridized carbons (Fsp3) is 0.148. The minimum Gasteiger partial charge on any atom is -0.463 e. The number of hydrogen-bond acceptors (Lipinski definition) is 7. The number of nitrogens with zero attached hydrogens (tertiary/aromatic N) is 3. The van der Waals surface area contributed by atoms with Gasteiger partial charge in [-0.05, 0) is 54.0 Å². The van der Waals surface area contributed by atoms with Gasteiger partial charge in [0.05, 0.1) is 33.4 Å². The molecule has 8 nitrogen and oxygen atoms in total. The molecule has 2 heterocycles. The van der Waals surface area contributed by atoms with Crippen molar-refractivity contribution in [1.82, 2.24) is 4.57 Å². The summed E-state index contributed by atoms with van der Waals surface area (Å²) in [6.45, 7) is 3.68. The number of ether oxygens (including phenoxy) is 1. The third-order valence-corrected chi connectivity index (χ3v) is 7.02. The number of nitro benzene ring substituents is 1. The molecule has 3 aromatic carbocycles. The lowest BCUT2D eigenvalue weighted by atomic mass is 9.91. The first-order valence-corrected chi connectivity index (χ1v) is 12.1. The summed E-state index contributed by atoms with van der Waals surface area (Å²) in [5.74, 6) is -0.513. The third-order valence-electron chi connectivity index (χ3n) is 6.04. The van der Waals surface area contributed by atoms with E-state index in [1.54, 1.807) is 36.6 Å². The molecule has 0 N–H and O–H groups in total. The minimum absolute atomic E-state index is 0.0285. The first kappa shape index (κ1) is 23.4. The van der Waals surface area contributed by atoms with E-state index in [2.05, 4.69) is 4.99 Å². The number of nitro groups is 1. The van der Waals surface area contributed by atoms with Crippen LogP contribution in [0, 0.1) is 10.1 Å². The Hall–Kier alpha value is -4.37. The zero-order valence-electron chi connectivity index (χ0n) is 19.5. The van der Waals surface area contributed by atoms with Crippen LogP contribution in [0.1, 0.15) is 31.0 Å². The maximum atomic E-state index is 13.7. The molecule has 0 aliphatic carbocycles. The lowest BCUT2D eigenvalue weighted by Crippen LogP contribution is -2.40. The lowest BCUT2D eigenvalue weighted by molar-refractivity contribution is -0.384. The van der Waals surface area contributed by atoms with Crippen molar-refractivity contribution in [3.63, 3.8) is 0 Å². The van der Waals surface area contributed by atoms with E-state index in [0.29, 0.717) is 26.2 Å². The topological polar surface area (TPSA) is 104 Å². The number of carbonyl (C=O) groups excluding carboxylic acids is 1. The monoisotopic (exact) mass is 499 g/mol. The standard InChI is InChI=1S/C27H21N3O5S/c1-3-35-26(32)23-16(2)28-27-29(24(23)21-10-6-8-18-7-4-5-9-20(18)21)25(31)22(36-27)15-17-11-13-19(14-12-17)30(33)34/h4-15,24H,3H2,1-2H3/b22-15+/t24-/m0/s1. The molecule has 0 amide bonds. The number of non-ortho nitro benzene ring substituents is 1. The average molecular weight is 500 g/mol. The van der Waals surface area contributed by atoms with Gasteiger partial charge in [-0.15, -0.1) is 0 Å². The number of thiazole rings is 1. The molecule has 0 radical (unpaired) electrons. The Bertz CT molecular complexity index is 1730. The summed E-state index contributed by atoms with van der Waals surface area (Å²) in [6.07, 6.45) is 1.68. The van der Waals surface area contributed by atoms with Crippen LogP contribution in [-0.2, 0) is 9.53 Å². The van der Waals surface area contributed by atoms with Crippen molar-refractivity contribution in [2.45, 2.75) is 19.9 Å². The quantitative estimate of drug-likeness (QED) is 0.236. The molecule has 0 spiro atoms. The molecule has 1 aromatic heterocycles. The molecule has 1 atom stereocenters. The van der Waals surface area contributed by atoms with E-state index >= 15 is 0 Å². The highest BCUT2D eigenvalue weighted by Crippen LogP contribution is 2.34. The Kier molecular flexibility index (Phi) is 6.07. The van der Waals surface area contributed by atoms with Crippen molar-refractivity contribution in [1.29, 1.82) is 0 Å². The molecule has 9 heteroatoms. The Labute approximate surface area is 209 Å². The normalized spacial score (nSPS) is 15.5. The maximum absolute atomic E-state index is 13.7. The van der Waals surface area contributed by atoms with Crippen LogP contribution in [0.15, 0.2) is 87.8 Å². The van der Waals surface area contributed by atoms with Gasteiger partial charge in [0.1, 0.15) is 0 Å². The van der Waals surface area contributed by atoms with Gasteiger partial charge in [-0.2, -0.15) is 0 Å². The Morgan fingerprint density at radius 1 is 1.14 bits per heavy atom. The van der Waals surface area contributed by atoms with E-state index in [4.69, 9.17) is 4.74 Å². The lowest BCUT2D eigenvalue weighted by Gasteiger charge is -2.25. The van der Waals surface area contributed by atoms with E-state index in [9.17, 15) is 19.7 Å². The smallest absolute Gasteiger partial charge is 0.338 e. The predicted octanol–water partition coefficient (Wildman–Crippen LogP) is 3.86. The first-order valence-electron chi connectivity index (χ1n) is 11.3. The van der Waals surface area contributed by atoms with Crippen LogP contribution < -0.4 is 14.9 Å². The van der Waals surface area contributed by atoms with Gasteiger partial charge in [0.25, 0.3) is 11.2 Å². The van der Waals surface area contributed by atoms with E-state index in [1.165, 1.54) is 23.5 Å². The molecule has 180 valence electrons. The Morgan fingerprint density at radius 3 is 2.58 bits per heavy atom. The zero-order chi connectivity index (χ0) is 25.4. The molecule has 36 heavy (non-hydrogen) atoms. The molecular formula is C27H21N3O5S. The van der Waals surface area contributed by atoms with Gasteiger partial charge in [-0.1, -0.05) is 53.8 Å². The van der Waals surface area contributed by atoms with Crippen LogP contribution in [0.25, 0.3) is 16.8 Å². The molecule has 0 unspecified atom stereocenters. The second-order valence-electron chi connectivity index (χ2n) is 8.22. The van der Waals surface area contributed by atoms with Crippen molar-refractivity contribution in [2.75, 3.05) is 6.61 Å². The second kappa shape index (κ2) is 9.35. The molecule has 4 aromatic rings. The van der Waals surface area contributed by atoms with Crippen LogP contribution in [0.3, 0.4) is 0 Å². The van der Waals surface area contributed by atoms with Crippen LogP contribution in [0.2, 0.25) is 0 Å². The van der Waals surface area contributed by atoms with Gasteiger partial charge >= 0.3 is 5.97 Å². The van der Waals surface area contributed by atoms with Gasteiger partial charge in [0.15, 0.2) is 4.80 Å². The number of aromatic nitrogens is 1. The van der Waals surface area contributed by atoms with Gasteiger partial charge in [-0.25, -0.2) is 9.79 Å². The second-order valence-corrected chi connectivity index (χ2v) is 9.23. The maximum Gasteiger partial charge on any atom is 0.338 e. The zero-order valence-corrected chi connectivity index (χ0v) is 20.3. The van der Waals surface area contributed by atoms with Crippen LogP contribution in [-0.4, -0.2) is 22.1 Å². The minimum atomic E-state index is -0.717. The summed E-state index contributed by atoms with van der Waals surface area (Å²) < 4.78 is 7.32. The summed E-state index contributed by atoms with van der Waals surface area (Å²) in [7, 11) is 0. The van der Waals surface area contributed by atoms with Crippen molar-refractivity contribution in [3.05, 3.63) is 119 Å². The van der Waals surface area contributed by atoms with Crippen molar-refractivity contribution < 1.29 is 14.5 Å². The number of rotatable bonds is 5. The summed E-state index contributed by atoms with van der Waals surface area (Å²) in [6, 6.07) is 18.9. The molecule has 0 bridgehead atoms. The van der Waals surface area contributed by atoms with Crippen LogP contribution >= 0.6 is 11.3 Å². The highest BCUT2D eigenvalue weighted by molar-refractivity contribution is 7.07. The third kappa shape index (κ3) is 4.03. The highest BCUT2D eigenvalue weighted by atomic mass is 32.1. The molecule has 5 rings (SSSR count). The summed E-state index contributed by atoms with van der Waals surface area (Å²) in [5.41, 5.74) is 1.93. The summed E-state index contributed by atoms with van der Waals surface area (Å²) in [5, 5.41) is 12.9. The summed E-state index contributed by atoms with van der Waals surface area (Å²) in [4.78, 5) is 42.4. The van der Waals surface area contributed by atoms with Gasteiger partial charge in [0, 0.05) is 12.1 Å². The molecule has 1 aliphatic heterocycles. The van der Waals surface area contributed by atoms with E-state index in [0.717, 1.165) is 16.3 Å². The molecule has 1 aliphatic rings. The number of hydrogen-bond donors (Lipinski definition) is 0. The largest absolute Gasteiger partial charge is 0.463 e. The summed E-state index contributed by atoms with van der Waals surface area (Å²) >= 11 is 1.21. The van der Waals surface area contributed by atoms with Crippen LogP contribution in [0.4, 0.5) is 5.69 Å². The predicted molar refractivity (Wildman–Crippen MR) is 137 cm³/mol. The van der Waals surface area contributed by atoms with Gasteiger partial charge in [-0.3, -0.25) is 19.5 Å². The highest BCUT2D eigenvalue weighted by Gasteiger charge is 2.34. The average Bonchev–Trinajstić information content (AvgIpc) is 3.17. The van der Waals surface area contributed by atoms with E-state index in [1.807, 2.05) is 42.5 Å². The fourth-order valence-electron chi connectivity index (χ4n) is 4.42. The Balaban J connectivity index is 1.75. The first-order chi connectivity index (χ1) is 17.4. The van der Waals surface area contributed by atoms with Crippen LogP contribution in [0.5, 0.6) is 0 Å². The number of fused-ring (bicyclic) bond motifs is 2.